The highest BCUT2D eigenvalue weighted by atomic mass is 19.4. The molecule has 0 fully saturated rings. The second-order valence-electron chi connectivity index (χ2n) is 4.12. The Balaban J connectivity index is 2.01. The molecule has 2 aromatic carbocycles. The second kappa shape index (κ2) is 6.32. The second-order valence-corrected chi connectivity index (χ2v) is 4.12. The van der Waals surface area contributed by atoms with Crippen LogP contribution < -0.4 is 9.47 Å². The van der Waals surface area contributed by atoms with Crippen molar-refractivity contribution >= 4 is 0 Å². The van der Waals surface area contributed by atoms with E-state index in [1.165, 1.54) is 6.07 Å². The zero-order valence-electron chi connectivity index (χ0n) is 10.6. The number of halogens is 3. The fourth-order valence-electron chi connectivity index (χ4n) is 1.58. The quantitative estimate of drug-likeness (QED) is 0.818. The molecule has 0 unspecified atom stereocenters. The molecular weight excluding hydrogens is 269 g/mol. The van der Waals surface area contributed by atoms with E-state index in [2.05, 4.69) is 0 Å². The molecule has 106 valence electrons. The lowest BCUT2D eigenvalue weighted by atomic mass is 10.2. The molecule has 0 amide bonds. The van der Waals surface area contributed by atoms with E-state index in [1.807, 2.05) is 30.3 Å². The number of benzene rings is 2. The Labute approximate surface area is 114 Å². The molecule has 0 bridgehead atoms. The molecule has 2 rings (SSSR count). The number of alkyl halides is 3. The summed E-state index contributed by atoms with van der Waals surface area (Å²) in [6, 6.07) is 15.7. The van der Waals surface area contributed by atoms with Crippen molar-refractivity contribution in [2.75, 3.05) is 6.61 Å². The van der Waals surface area contributed by atoms with E-state index in [0.717, 1.165) is 5.56 Å². The number of hydrogen-bond donors (Lipinski definition) is 0. The molecule has 0 aromatic heterocycles. The molecule has 0 aliphatic heterocycles. The standard InChI is InChI=1S/C15H13F3O2/c16-15(17,18)11-20-14-9-5-4-8-13(14)19-10-12-6-2-1-3-7-12/h1-9H,10-11H2. The van der Waals surface area contributed by atoms with Crippen molar-refractivity contribution < 1.29 is 22.6 Å². The van der Waals surface area contributed by atoms with E-state index in [1.54, 1.807) is 18.2 Å². The van der Waals surface area contributed by atoms with Crippen LogP contribution in [0.5, 0.6) is 11.5 Å². The Morgan fingerprint density at radius 2 is 1.30 bits per heavy atom. The first kappa shape index (κ1) is 14.2. The predicted octanol–water partition coefficient (Wildman–Crippen LogP) is 4.21. The van der Waals surface area contributed by atoms with E-state index in [9.17, 15) is 13.2 Å². The molecule has 0 saturated heterocycles. The molecule has 0 aliphatic rings. The average Bonchev–Trinajstić information content (AvgIpc) is 2.44. The van der Waals surface area contributed by atoms with Crippen LogP contribution in [-0.2, 0) is 6.61 Å². The monoisotopic (exact) mass is 282 g/mol. The summed E-state index contributed by atoms with van der Waals surface area (Å²) in [6.45, 7) is -1.06. The molecule has 0 atom stereocenters. The smallest absolute Gasteiger partial charge is 0.422 e. The molecular formula is C15H13F3O2. The SMILES string of the molecule is FC(F)(F)COc1ccccc1OCc1ccccc1. The van der Waals surface area contributed by atoms with Gasteiger partial charge in [-0.15, -0.1) is 0 Å². The minimum absolute atomic E-state index is 0.0840. The maximum atomic E-state index is 12.2. The third-order valence-electron chi connectivity index (χ3n) is 2.48. The minimum Gasteiger partial charge on any atom is -0.485 e. The van der Waals surface area contributed by atoms with Gasteiger partial charge in [0.25, 0.3) is 0 Å². The van der Waals surface area contributed by atoms with Crippen LogP contribution in [0.1, 0.15) is 5.56 Å². The van der Waals surface area contributed by atoms with Crippen LogP contribution in [0.2, 0.25) is 0 Å². The van der Waals surface area contributed by atoms with Gasteiger partial charge in [0, 0.05) is 0 Å². The van der Waals surface area contributed by atoms with Crippen molar-refractivity contribution in [3.8, 4) is 11.5 Å². The molecule has 0 spiro atoms. The van der Waals surface area contributed by atoms with Crippen molar-refractivity contribution in [1.82, 2.24) is 0 Å². The molecule has 2 aromatic rings. The normalized spacial score (nSPS) is 11.2. The van der Waals surface area contributed by atoms with Crippen molar-refractivity contribution in [1.29, 1.82) is 0 Å². The van der Waals surface area contributed by atoms with Gasteiger partial charge in [0.15, 0.2) is 18.1 Å². The summed E-state index contributed by atoms with van der Waals surface area (Å²) in [7, 11) is 0. The highest BCUT2D eigenvalue weighted by Crippen LogP contribution is 2.29. The number of ether oxygens (including phenoxy) is 2. The van der Waals surface area contributed by atoms with E-state index in [4.69, 9.17) is 9.47 Å². The highest BCUT2D eigenvalue weighted by Gasteiger charge is 2.28. The first-order chi connectivity index (χ1) is 9.54. The fraction of sp³-hybridized carbons (Fsp3) is 0.200. The number of para-hydroxylation sites is 2. The molecule has 0 N–H and O–H groups in total. The van der Waals surface area contributed by atoms with Gasteiger partial charge in [-0.05, 0) is 17.7 Å². The number of hydrogen-bond acceptors (Lipinski definition) is 2. The highest BCUT2D eigenvalue weighted by molar-refractivity contribution is 5.39. The lowest BCUT2D eigenvalue weighted by Crippen LogP contribution is -2.19. The molecule has 0 aliphatic carbocycles. The van der Waals surface area contributed by atoms with E-state index in [-0.39, 0.29) is 12.4 Å². The molecule has 0 heterocycles. The van der Waals surface area contributed by atoms with Crippen LogP contribution in [0.3, 0.4) is 0 Å². The van der Waals surface area contributed by atoms with E-state index >= 15 is 0 Å². The van der Waals surface area contributed by atoms with Crippen LogP contribution in [0.4, 0.5) is 13.2 Å². The predicted molar refractivity (Wildman–Crippen MR) is 68.8 cm³/mol. The lowest BCUT2D eigenvalue weighted by Gasteiger charge is -2.13. The maximum absolute atomic E-state index is 12.2. The zero-order chi connectivity index (χ0) is 14.4. The van der Waals surface area contributed by atoms with Gasteiger partial charge in [0.05, 0.1) is 0 Å². The van der Waals surface area contributed by atoms with Gasteiger partial charge in [0.2, 0.25) is 0 Å². The van der Waals surface area contributed by atoms with Gasteiger partial charge >= 0.3 is 6.18 Å². The molecule has 20 heavy (non-hydrogen) atoms. The Morgan fingerprint density at radius 3 is 1.90 bits per heavy atom. The molecule has 0 saturated carbocycles. The van der Waals surface area contributed by atoms with Crippen LogP contribution >= 0.6 is 0 Å². The van der Waals surface area contributed by atoms with Gasteiger partial charge in [-0.25, -0.2) is 0 Å². The molecule has 2 nitrogen and oxygen atoms in total. The molecule has 0 radical (unpaired) electrons. The summed E-state index contributed by atoms with van der Waals surface area (Å²) in [5, 5.41) is 0. The summed E-state index contributed by atoms with van der Waals surface area (Å²) < 4.78 is 46.7. The fourth-order valence-corrected chi connectivity index (χ4v) is 1.58. The Hall–Kier alpha value is -2.17. The zero-order valence-corrected chi connectivity index (χ0v) is 10.6. The van der Waals surface area contributed by atoms with Crippen molar-refractivity contribution in [2.45, 2.75) is 12.8 Å². The van der Waals surface area contributed by atoms with Gasteiger partial charge in [-0.1, -0.05) is 42.5 Å². The first-order valence-electron chi connectivity index (χ1n) is 6.00. The maximum Gasteiger partial charge on any atom is 0.422 e. The van der Waals surface area contributed by atoms with Crippen LogP contribution in [-0.4, -0.2) is 12.8 Å². The van der Waals surface area contributed by atoms with Crippen molar-refractivity contribution in [2.24, 2.45) is 0 Å². The molecule has 5 heteroatoms. The van der Waals surface area contributed by atoms with Crippen LogP contribution in [0.25, 0.3) is 0 Å². The lowest BCUT2D eigenvalue weighted by molar-refractivity contribution is -0.153. The summed E-state index contributed by atoms with van der Waals surface area (Å²) in [5.41, 5.74) is 0.929. The third kappa shape index (κ3) is 4.50. The van der Waals surface area contributed by atoms with Crippen molar-refractivity contribution in [3.05, 3.63) is 60.2 Å². The summed E-state index contributed by atoms with van der Waals surface area (Å²) >= 11 is 0. The van der Waals surface area contributed by atoms with Gasteiger partial charge in [0.1, 0.15) is 6.61 Å². The largest absolute Gasteiger partial charge is 0.485 e. The van der Waals surface area contributed by atoms with Crippen molar-refractivity contribution in [3.63, 3.8) is 0 Å². The van der Waals surface area contributed by atoms with Gasteiger partial charge in [-0.2, -0.15) is 13.2 Å². The third-order valence-corrected chi connectivity index (χ3v) is 2.48. The number of rotatable bonds is 5. The van der Waals surface area contributed by atoms with Gasteiger partial charge < -0.3 is 9.47 Å². The summed E-state index contributed by atoms with van der Waals surface area (Å²) in [4.78, 5) is 0. The van der Waals surface area contributed by atoms with Crippen LogP contribution in [0, 0.1) is 0 Å². The Kier molecular flexibility index (Phi) is 4.50. The van der Waals surface area contributed by atoms with Gasteiger partial charge in [-0.3, -0.25) is 0 Å². The minimum atomic E-state index is -4.37. The topological polar surface area (TPSA) is 18.5 Å². The first-order valence-corrected chi connectivity index (χ1v) is 6.00. The summed E-state index contributed by atoms with van der Waals surface area (Å²) in [6.07, 6.45) is -4.37. The summed E-state index contributed by atoms with van der Waals surface area (Å²) in [5.74, 6) is 0.376. The van der Waals surface area contributed by atoms with Crippen LogP contribution in [0.15, 0.2) is 54.6 Å². The Morgan fingerprint density at radius 1 is 0.750 bits per heavy atom. The Bertz CT molecular complexity index is 538. The van der Waals surface area contributed by atoms with E-state index in [0.29, 0.717) is 5.75 Å². The van der Waals surface area contributed by atoms with E-state index < -0.39 is 12.8 Å². The average molecular weight is 282 g/mol.